The lowest BCUT2D eigenvalue weighted by Crippen LogP contribution is -2.40. The van der Waals surface area contributed by atoms with Gasteiger partial charge >= 0.3 is 0 Å². The molecular weight excluding hydrogens is 259 g/mol. The van der Waals surface area contributed by atoms with E-state index in [1.807, 2.05) is 6.07 Å². The van der Waals surface area contributed by atoms with E-state index in [0.717, 1.165) is 18.4 Å². The number of aliphatic hydroxyl groups is 2. The van der Waals surface area contributed by atoms with Crippen molar-refractivity contribution in [3.8, 4) is 0 Å². The molecule has 0 aliphatic heterocycles. The van der Waals surface area contributed by atoms with Crippen molar-refractivity contribution in [2.24, 2.45) is 0 Å². The summed E-state index contributed by atoms with van der Waals surface area (Å²) in [6, 6.07) is 5.34. The molecule has 1 saturated carbocycles. The monoisotopic (exact) mass is 274 g/mol. The number of hydrogen-bond donors (Lipinski definition) is 2. The summed E-state index contributed by atoms with van der Waals surface area (Å²) in [4.78, 5) is 0. The molecule has 94 valence electrons. The second-order valence-corrected chi connectivity index (χ2v) is 5.53. The van der Waals surface area contributed by atoms with E-state index in [1.54, 1.807) is 12.1 Å². The molecule has 0 saturated heterocycles. The Labute approximate surface area is 111 Å². The molecule has 17 heavy (non-hydrogen) atoms. The molecule has 1 unspecified atom stereocenters. The molecule has 2 N–H and O–H groups in total. The highest BCUT2D eigenvalue weighted by molar-refractivity contribution is 6.42. The van der Waals surface area contributed by atoms with Crippen molar-refractivity contribution in [2.45, 2.75) is 43.8 Å². The fraction of sp³-hybridized carbons (Fsp3) is 0.538. The molecule has 0 bridgehead atoms. The van der Waals surface area contributed by atoms with Crippen molar-refractivity contribution >= 4 is 23.2 Å². The highest BCUT2D eigenvalue weighted by Gasteiger charge is 2.38. The topological polar surface area (TPSA) is 40.5 Å². The summed E-state index contributed by atoms with van der Waals surface area (Å²) in [5.41, 5.74) is -0.168. The van der Waals surface area contributed by atoms with E-state index in [0.29, 0.717) is 29.3 Å². The fourth-order valence-electron chi connectivity index (χ4n) is 2.42. The van der Waals surface area contributed by atoms with Crippen LogP contribution in [-0.4, -0.2) is 21.9 Å². The van der Waals surface area contributed by atoms with Gasteiger partial charge in [0.25, 0.3) is 0 Å². The van der Waals surface area contributed by atoms with Gasteiger partial charge in [-0.3, -0.25) is 0 Å². The van der Waals surface area contributed by atoms with E-state index in [-0.39, 0.29) is 0 Å². The van der Waals surface area contributed by atoms with Crippen LogP contribution < -0.4 is 0 Å². The first-order chi connectivity index (χ1) is 8.03. The molecule has 1 aromatic carbocycles. The maximum absolute atomic E-state index is 10.3. The first-order valence-corrected chi connectivity index (χ1v) is 6.62. The van der Waals surface area contributed by atoms with Gasteiger partial charge in [0.05, 0.1) is 21.8 Å². The molecule has 2 rings (SSSR count). The average molecular weight is 275 g/mol. The first-order valence-electron chi connectivity index (χ1n) is 5.86. The van der Waals surface area contributed by atoms with Crippen molar-refractivity contribution in [1.29, 1.82) is 0 Å². The van der Waals surface area contributed by atoms with Gasteiger partial charge in [0.15, 0.2) is 0 Å². The SMILES string of the molecule is OC(Cc1cccc(Cl)c1Cl)C1(O)CCCC1. The van der Waals surface area contributed by atoms with Crippen LogP contribution in [0.2, 0.25) is 10.0 Å². The van der Waals surface area contributed by atoms with Crippen LogP contribution in [0.25, 0.3) is 0 Å². The van der Waals surface area contributed by atoms with Gasteiger partial charge in [-0.2, -0.15) is 0 Å². The lowest BCUT2D eigenvalue weighted by Gasteiger charge is -2.28. The normalized spacial score (nSPS) is 20.5. The number of halogens is 2. The number of rotatable bonds is 3. The Morgan fingerprint density at radius 3 is 2.53 bits per heavy atom. The standard InChI is InChI=1S/C13H16Cl2O2/c14-10-5-3-4-9(12(10)15)8-11(16)13(17)6-1-2-7-13/h3-5,11,16-17H,1-2,6-8H2. The van der Waals surface area contributed by atoms with Crippen molar-refractivity contribution in [2.75, 3.05) is 0 Å². The Hall–Kier alpha value is -0.280. The minimum atomic E-state index is -0.953. The van der Waals surface area contributed by atoms with Crippen molar-refractivity contribution in [3.05, 3.63) is 33.8 Å². The van der Waals surface area contributed by atoms with E-state index in [9.17, 15) is 10.2 Å². The number of benzene rings is 1. The zero-order valence-corrected chi connectivity index (χ0v) is 11.0. The summed E-state index contributed by atoms with van der Waals surface area (Å²) in [5, 5.41) is 21.3. The summed E-state index contributed by atoms with van der Waals surface area (Å²) < 4.78 is 0. The van der Waals surface area contributed by atoms with Crippen LogP contribution in [0.1, 0.15) is 31.2 Å². The van der Waals surface area contributed by atoms with Crippen LogP contribution in [0, 0.1) is 0 Å². The smallest absolute Gasteiger partial charge is 0.0908 e. The van der Waals surface area contributed by atoms with Gasteiger partial charge in [-0.25, -0.2) is 0 Å². The third-order valence-electron chi connectivity index (χ3n) is 3.53. The number of aliphatic hydroxyl groups excluding tert-OH is 1. The first kappa shape index (κ1) is 13.2. The molecule has 0 radical (unpaired) electrons. The summed E-state index contributed by atoms with van der Waals surface area (Å²) >= 11 is 12.0. The molecule has 0 heterocycles. The second-order valence-electron chi connectivity index (χ2n) is 4.74. The third kappa shape index (κ3) is 2.76. The van der Waals surface area contributed by atoms with Crippen molar-refractivity contribution in [1.82, 2.24) is 0 Å². The van der Waals surface area contributed by atoms with Crippen LogP contribution in [0.4, 0.5) is 0 Å². The molecule has 1 atom stereocenters. The quantitative estimate of drug-likeness (QED) is 0.889. The maximum atomic E-state index is 10.3. The van der Waals surface area contributed by atoms with Gasteiger partial charge in [-0.15, -0.1) is 0 Å². The van der Waals surface area contributed by atoms with E-state index < -0.39 is 11.7 Å². The highest BCUT2D eigenvalue weighted by Crippen LogP contribution is 2.35. The summed E-state index contributed by atoms with van der Waals surface area (Å²) in [6.07, 6.45) is 2.82. The molecule has 1 aromatic rings. The summed E-state index contributed by atoms with van der Waals surface area (Å²) in [5.74, 6) is 0. The minimum Gasteiger partial charge on any atom is -0.390 e. The Morgan fingerprint density at radius 1 is 1.24 bits per heavy atom. The predicted octanol–water partition coefficient (Wildman–Crippen LogP) is 3.20. The van der Waals surface area contributed by atoms with Crippen LogP contribution in [-0.2, 0) is 6.42 Å². The van der Waals surface area contributed by atoms with Crippen LogP contribution in [0.5, 0.6) is 0 Å². The molecule has 0 amide bonds. The molecule has 1 fully saturated rings. The van der Waals surface area contributed by atoms with E-state index in [4.69, 9.17) is 23.2 Å². The Kier molecular flexibility index (Phi) is 3.99. The van der Waals surface area contributed by atoms with Crippen LogP contribution >= 0.6 is 23.2 Å². The van der Waals surface area contributed by atoms with Crippen molar-refractivity contribution < 1.29 is 10.2 Å². The van der Waals surface area contributed by atoms with E-state index in [1.165, 1.54) is 0 Å². The maximum Gasteiger partial charge on any atom is 0.0908 e. The minimum absolute atomic E-state index is 0.343. The zero-order valence-electron chi connectivity index (χ0n) is 9.50. The summed E-state index contributed by atoms with van der Waals surface area (Å²) in [7, 11) is 0. The van der Waals surface area contributed by atoms with E-state index in [2.05, 4.69) is 0 Å². The lowest BCUT2D eigenvalue weighted by molar-refractivity contribution is -0.0689. The highest BCUT2D eigenvalue weighted by atomic mass is 35.5. The third-order valence-corrected chi connectivity index (χ3v) is 4.39. The Balaban J connectivity index is 2.12. The predicted molar refractivity (Wildman–Crippen MR) is 69.6 cm³/mol. The van der Waals surface area contributed by atoms with Gasteiger partial charge < -0.3 is 10.2 Å². The Morgan fingerprint density at radius 2 is 1.88 bits per heavy atom. The molecular formula is C13H16Cl2O2. The molecule has 4 heteroatoms. The van der Waals surface area contributed by atoms with Gasteiger partial charge in [-0.05, 0) is 24.5 Å². The largest absolute Gasteiger partial charge is 0.390 e. The molecule has 0 spiro atoms. The second kappa shape index (κ2) is 5.15. The molecule has 1 aliphatic carbocycles. The molecule has 2 nitrogen and oxygen atoms in total. The van der Waals surface area contributed by atoms with Gasteiger partial charge in [0.2, 0.25) is 0 Å². The van der Waals surface area contributed by atoms with Gasteiger partial charge in [-0.1, -0.05) is 48.2 Å². The summed E-state index contributed by atoms with van der Waals surface area (Å²) in [6.45, 7) is 0. The van der Waals surface area contributed by atoms with Crippen LogP contribution in [0.3, 0.4) is 0 Å². The van der Waals surface area contributed by atoms with E-state index >= 15 is 0 Å². The number of hydrogen-bond acceptors (Lipinski definition) is 2. The van der Waals surface area contributed by atoms with Crippen molar-refractivity contribution in [3.63, 3.8) is 0 Å². The molecule has 1 aliphatic rings. The van der Waals surface area contributed by atoms with Crippen LogP contribution in [0.15, 0.2) is 18.2 Å². The fourth-order valence-corrected chi connectivity index (χ4v) is 2.82. The zero-order chi connectivity index (χ0) is 12.5. The van der Waals surface area contributed by atoms with Gasteiger partial charge in [0.1, 0.15) is 0 Å². The Bertz CT molecular complexity index is 400. The lowest BCUT2D eigenvalue weighted by atomic mass is 9.90. The van der Waals surface area contributed by atoms with Gasteiger partial charge in [0, 0.05) is 6.42 Å². The average Bonchev–Trinajstić information content (AvgIpc) is 2.73. The molecule has 0 aromatic heterocycles.